The first kappa shape index (κ1) is 17.3. The Balaban J connectivity index is 1.51. The molecule has 0 bridgehead atoms. The van der Waals surface area contributed by atoms with Gasteiger partial charge in [-0.2, -0.15) is 5.10 Å². The molecule has 7 heteroatoms. The zero-order valence-corrected chi connectivity index (χ0v) is 14.8. The summed E-state index contributed by atoms with van der Waals surface area (Å²) in [7, 11) is 0. The Hall–Kier alpha value is -2.51. The molecule has 0 atom stereocenters. The number of hydrogen-bond donors (Lipinski definition) is 2. The second-order valence-corrected chi connectivity index (χ2v) is 6.35. The molecule has 2 aromatic rings. The molecule has 1 aromatic heterocycles. The van der Waals surface area contributed by atoms with Gasteiger partial charge >= 0.3 is 0 Å². The van der Waals surface area contributed by atoms with E-state index in [-0.39, 0.29) is 5.11 Å². The number of anilines is 1. The van der Waals surface area contributed by atoms with E-state index < -0.39 is 0 Å². The first-order valence-corrected chi connectivity index (χ1v) is 8.67. The molecule has 0 aliphatic carbocycles. The zero-order chi connectivity index (χ0) is 17.5. The summed E-state index contributed by atoms with van der Waals surface area (Å²) in [6.45, 7) is 5.03. The van der Waals surface area contributed by atoms with Crippen molar-refractivity contribution in [2.75, 3.05) is 31.1 Å². The standard InChI is InChI=1S/C18H22N6S/c19-18(25)22-21-13-15-4-6-17(7-5-15)24-11-9-23(10-12-24)14-16-3-1-2-8-20-16/h1-8,13H,9-12,14H2,(H3,19,22,25). The lowest BCUT2D eigenvalue weighted by atomic mass is 10.2. The molecular formula is C18H22N6S. The molecule has 25 heavy (non-hydrogen) atoms. The molecule has 0 unspecified atom stereocenters. The molecule has 130 valence electrons. The van der Waals surface area contributed by atoms with Crippen LogP contribution in [0.25, 0.3) is 0 Å². The smallest absolute Gasteiger partial charge is 0.184 e. The molecule has 1 fully saturated rings. The SMILES string of the molecule is NC(=S)NN=Cc1ccc(N2CCN(Cc3ccccn3)CC2)cc1. The highest BCUT2D eigenvalue weighted by Gasteiger charge is 2.17. The summed E-state index contributed by atoms with van der Waals surface area (Å²) in [4.78, 5) is 9.26. The van der Waals surface area contributed by atoms with Crippen molar-refractivity contribution < 1.29 is 0 Å². The van der Waals surface area contributed by atoms with Crippen molar-refractivity contribution in [3.8, 4) is 0 Å². The molecule has 3 N–H and O–H groups in total. The Kier molecular flexibility index (Phi) is 5.92. The molecule has 6 nitrogen and oxygen atoms in total. The summed E-state index contributed by atoms with van der Waals surface area (Å²) in [6, 6.07) is 14.4. The van der Waals surface area contributed by atoms with Crippen molar-refractivity contribution >= 4 is 29.2 Å². The van der Waals surface area contributed by atoms with Crippen LogP contribution in [0.3, 0.4) is 0 Å². The second-order valence-electron chi connectivity index (χ2n) is 5.91. The van der Waals surface area contributed by atoms with Gasteiger partial charge in [0.05, 0.1) is 11.9 Å². The summed E-state index contributed by atoms with van der Waals surface area (Å²) >= 11 is 4.71. The minimum Gasteiger partial charge on any atom is -0.375 e. The van der Waals surface area contributed by atoms with Gasteiger partial charge in [-0.25, -0.2) is 0 Å². The van der Waals surface area contributed by atoms with Crippen molar-refractivity contribution in [3.63, 3.8) is 0 Å². The maximum Gasteiger partial charge on any atom is 0.184 e. The zero-order valence-electron chi connectivity index (χ0n) is 14.0. The average Bonchev–Trinajstić information content (AvgIpc) is 2.64. The van der Waals surface area contributed by atoms with E-state index in [1.165, 1.54) is 5.69 Å². The maximum absolute atomic E-state index is 5.33. The van der Waals surface area contributed by atoms with Gasteiger partial charge in [-0.1, -0.05) is 18.2 Å². The monoisotopic (exact) mass is 354 g/mol. The lowest BCUT2D eigenvalue weighted by Gasteiger charge is -2.36. The van der Waals surface area contributed by atoms with Gasteiger partial charge in [0, 0.05) is 44.6 Å². The minimum atomic E-state index is 0.163. The van der Waals surface area contributed by atoms with Gasteiger partial charge in [-0.05, 0) is 42.0 Å². The van der Waals surface area contributed by atoms with Crippen LogP contribution < -0.4 is 16.1 Å². The summed E-state index contributed by atoms with van der Waals surface area (Å²) in [5.41, 5.74) is 11.2. The average molecular weight is 354 g/mol. The van der Waals surface area contributed by atoms with Crippen LogP contribution >= 0.6 is 12.2 Å². The number of hydrogen-bond acceptors (Lipinski definition) is 5. The summed E-state index contributed by atoms with van der Waals surface area (Å²) < 4.78 is 0. The minimum absolute atomic E-state index is 0.163. The Bertz CT molecular complexity index is 708. The molecule has 0 amide bonds. The van der Waals surface area contributed by atoms with Crippen molar-refractivity contribution in [3.05, 3.63) is 59.9 Å². The van der Waals surface area contributed by atoms with E-state index in [0.717, 1.165) is 44.0 Å². The van der Waals surface area contributed by atoms with Gasteiger partial charge in [0.1, 0.15) is 0 Å². The van der Waals surface area contributed by atoms with Gasteiger partial charge in [0.15, 0.2) is 5.11 Å². The molecule has 0 radical (unpaired) electrons. The normalized spacial score (nSPS) is 15.4. The van der Waals surface area contributed by atoms with Gasteiger partial charge in [0.25, 0.3) is 0 Å². The number of nitrogens with zero attached hydrogens (tertiary/aromatic N) is 4. The first-order chi connectivity index (χ1) is 12.2. The molecule has 1 aliphatic rings. The second kappa shape index (κ2) is 8.55. The fourth-order valence-electron chi connectivity index (χ4n) is 2.83. The Morgan fingerprint density at radius 2 is 1.92 bits per heavy atom. The van der Waals surface area contributed by atoms with E-state index in [2.05, 4.69) is 43.5 Å². The number of rotatable bonds is 5. The van der Waals surface area contributed by atoms with Crippen LogP contribution in [0.1, 0.15) is 11.3 Å². The van der Waals surface area contributed by atoms with E-state index in [1.54, 1.807) is 6.21 Å². The van der Waals surface area contributed by atoms with Crippen LogP contribution in [0.15, 0.2) is 53.8 Å². The number of aromatic nitrogens is 1. The maximum atomic E-state index is 5.33. The number of benzene rings is 1. The van der Waals surface area contributed by atoms with Crippen molar-refractivity contribution in [1.29, 1.82) is 0 Å². The van der Waals surface area contributed by atoms with Gasteiger partial charge in [-0.3, -0.25) is 15.3 Å². The van der Waals surface area contributed by atoms with Crippen molar-refractivity contribution in [2.45, 2.75) is 6.54 Å². The Labute approximate surface area is 153 Å². The first-order valence-electron chi connectivity index (χ1n) is 8.26. The third-order valence-electron chi connectivity index (χ3n) is 4.13. The number of piperazine rings is 1. The Morgan fingerprint density at radius 1 is 1.16 bits per heavy atom. The summed E-state index contributed by atoms with van der Waals surface area (Å²) in [5, 5.41) is 4.13. The van der Waals surface area contributed by atoms with E-state index in [9.17, 15) is 0 Å². The number of hydrazone groups is 1. The van der Waals surface area contributed by atoms with Crippen LogP contribution in [0.4, 0.5) is 5.69 Å². The molecule has 1 aliphatic heterocycles. The van der Waals surface area contributed by atoms with Gasteiger partial charge in [0.2, 0.25) is 0 Å². The highest BCUT2D eigenvalue weighted by molar-refractivity contribution is 7.80. The molecule has 2 heterocycles. The summed E-state index contributed by atoms with van der Waals surface area (Å²) in [6.07, 6.45) is 3.56. The molecule has 0 saturated carbocycles. The fourth-order valence-corrected chi connectivity index (χ4v) is 2.88. The predicted octanol–water partition coefficient (Wildman–Crippen LogP) is 1.57. The highest BCUT2D eigenvalue weighted by atomic mass is 32.1. The third kappa shape index (κ3) is 5.23. The third-order valence-corrected chi connectivity index (χ3v) is 4.22. The quantitative estimate of drug-likeness (QED) is 0.483. The van der Waals surface area contributed by atoms with E-state index in [0.29, 0.717) is 0 Å². The molecular weight excluding hydrogens is 332 g/mol. The Morgan fingerprint density at radius 3 is 2.56 bits per heavy atom. The van der Waals surface area contributed by atoms with Crippen LogP contribution in [0.5, 0.6) is 0 Å². The van der Waals surface area contributed by atoms with Crippen LogP contribution in [0, 0.1) is 0 Å². The summed E-state index contributed by atoms with van der Waals surface area (Å²) in [5.74, 6) is 0. The largest absolute Gasteiger partial charge is 0.375 e. The number of thiocarbonyl (C=S) groups is 1. The van der Waals surface area contributed by atoms with Crippen LogP contribution in [-0.4, -0.2) is 47.4 Å². The van der Waals surface area contributed by atoms with Crippen molar-refractivity contribution in [1.82, 2.24) is 15.3 Å². The van der Waals surface area contributed by atoms with Crippen molar-refractivity contribution in [2.24, 2.45) is 10.8 Å². The lowest BCUT2D eigenvalue weighted by molar-refractivity contribution is 0.247. The molecule has 3 rings (SSSR count). The number of nitrogens with one attached hydrogen (secondary N) is 1. The fraction of sp³-hybridized carbons (Fsp3) is 0.278. The van der Waals surface area contributed by atoms with Gasteiger partial charge < -0.3 is 10.6 Å². The topological polar surface area (TPSA) is 69.8 Å². The van der Waals surface area contributed by atoms with Crippen LogP contribution in [-0.2, 0) is 6.54 Å². The molecule has 1 aromatic carbocycles. The van der Waals surface area contributed by atoms with E-state index in [4.69, 9.17) is 18.0 Å². The predicted molar refractivity (Wildman–Crippen MR) is 106 cm³/mol. The van der Waals surface area contributed by atoms with Crippen LogP contribution in [0.2, 0.25) is 0 Å². The number of nitrogens with two attached hydrogens (primary N) is 1. The molecule has 1 saturated heterocycles. The number of pyridine rings is 1. The van der Waals surface area contributed by atoms with E-state index >= 15 is 0 Å². The van der Waals surface area contributed by atoms with E-state index in [1.807, 2.05) is 30.5 Å². The molecule has 0 spiro atoms. The highest BCUT2D eigenvalue weighted by Crippen LogP contribution is 2.17. The van der Waals surface area contributed by atoms with Gasteiger partial charge in [-0.15, -0.1) is 0 Å². The lowest BCUT2D eigenvalue weighted by Crippen LogP contribution is -2.46.